The van der Waals surface area contributed by atoms with Crippen LogP contribution in [0.4, 0.5) is 10.1 Å². The Labute approximate surface area is 127 Å². The van der Waals surface area contributed by atoms with Crippen LogP contribution >= 0.6 is 35.4 Å². The number of thiocarbonyl (C=S) groups is 1. The van der Waals surface area contributed by atoms with E-state index in [0.29, 0.717) is 16.8 Å². The molecule has 0 radical (unpaired) electrons. The van der Waals surface area contributed by atoms with Crippen LogP contribution in [0.5, 0.6) is 0 Å². The molecule has 0 spiro atoms. The first-order valence-corrected chi connectivity index (χ1v) is 7.45. The van der Waals surface area contributed by atoms with Gasteiger partial charge in [-0.15, -0.1) is 0 Å². The van der Waals surface area contributed by atoms with Crippen molar-refractivity contribution in [3.63, 3.8) is 0 Å². The molecule has 1 aliphatic carbocycles. The molecule has 0 saturated heterocycles. The van der Waals surface area contributed by atoms with Crippen molar-refractivity contribution in [1.29, 1.82) is 0 Å². The Hall–Kier alpha value is -0.580. The van der Waals surface area contributed by atoms with Crippen LogP contribution in [0, 0.1) is 5.82 Å². The minimum absolute atomic E-state index is 0.0181. The Balaban J connectivity index is 1.94. The standard InChI is InChI=1S/C13H15Cl2FN2S/c14-10-6-9(7-11(15)12(10)16)18-13(19)17-8-4-2-1-3-5-8/h6-8H,1-5H2,(H2,17,18,19). The summed E-state index contributed by atoms with van der Waals surface area (Å²) in [5.74, 6) is -0.611. The molecule has 0 aliphatic heterocycles. The van der Waals surface area contributed by atoms with Gasteiger partial charge in [0.05, 0.1) is 10.0 Å². The van der Waals surface area contributed by atoms with Crippen LogP contribution in [0.1, 0.15) is 32.1 Å². The largest absolute Gasteiger partial charge is 0.360 e. The molecule has 1 aromatic rings. The summed E-state index contributed by atoms with van der Waals surface area (Å²) in [4.78, 5) is 0. The average Bonchev–Trinajstić information content (AvgIpc) is 2.37. The molecule has 2 nitrogen and oxygen atoms in total. The zero-order valence-corrected chi connectivity index (χ0v) is 12.6. The highest BCUT2D eigenvalue weighted by atomic mass is 35.5. The van der Waals surface area contributed by atoms with Gasteiger partial charge in [0.2, 0.25) is 0 Å². The van der Waals surface area contributed by atoms with Crippen LogP contribution in [0.2, 0.25) is 10.0 Å². The Bertz CT molecular complexity index is 453. The molecule has 1 fully saturated rings. The van der Waals surface area contributed by atoms with Crippen LogP contribution < -0.4 is 10.6 Å². The lowest BCUT2D eigenvalue weighted by Gasteiger charge is -2.24. The van der Waals surface area contributed by atoms with E-state index in [0.717, 1.165) is 12.8 Å². The van der Waals surface area contributed by atoms with Gasteiger partial charge in [-0.05, 0) is 37.2 Å². The van der Waals surface area contributed by atoms with E-state index in [-0.39, 0.29) is 10.0 Å². The molecule has 0 bridgehead atoms. The second-order valence-electron chi connectivity index (χ2n) is 4.69. The Morgan fingerprint density at radius 3 is 2.32 bits per heavy atom. The van der Waals surface area contributed by atoms with Crippen molar-refractivity contribution in [2.75, 3.05) is 5.32 Å². The molecule has 0 atom stereocenters. The minimum Gasteiger partial charge on any atom is -0.360 e. The smallest absolute Gasteiger partial charge is 0.170 e. The number of benzene rings is 1. The normalized spacial score (nSPS) is 16.2. The predicted octanol–water partition coefficient (Wildman–Crippen LogP) is 4.75. The summed E-state index contributed by atoms with van der Waals surface area (Å²) in [6, 6.07) is 3.36. The van der Waals surface area contributed by atoms with E-state index in [1.165, 1.54) is 31.4 Å². The van der Waals surface area contributed by atoms with Crippen molar-refractivity contribution < 1.29 is 4.39 Å². The summed E-state index contributed by atoms with van der Waals surface area (Å²) in [5, 5.41) is 6.73. The fourth-order valence-corrected chi connectivity index (χ4v) is 3.00. The van der Waals surface area contributed by atoms with Gasteiger partial charge in [0.25, 0.3) is 0 Å². The number of halogens is 3. The van der Waals surface area contributed by atoms with Crippen LogP contribution in [0.15, 0.2) is 12.1 Å². The van der Waals surface area contributed by atoms with Gasteiger partial charge in [-0.1, -0.05) is 42.5 Å². The lowest BCUT2D eigenvalue weighted by atomic mass is 9.96. The van der Waals surface area contributed by atoms with Crippen LogP contribution in [0.3, 0.4) is 0 Å². The summed E-state index contributed by atoms with van der Waals surface area (Å²) >= 11 is 16.7. The zero-order valence-electron chi connectivity index (χ0n) is 10.3. The van der Waals surface area contributed by atoms with E-state index < -0.39 is 5.82 Å². The van der Waals surface area contributed by atoms with Gasteiger partial charge in [0, 0.05) is 11.7 Å². The number of hydrogen-bond donors (Lipinski definition) is 2. The van der Waals surface area contributed by atoms with Gasteiger partial charge in [0.1, 0.15) is 0 Å². The van der Waals surface area contributed by atoms with Crippen LogP contribution in [-0.2, 0) is 0 Å². The maximum atomic E-state index is 13.3. The van der Waals surface area contributed by atoms with Crippen molar-refractivity contribution in [1.82, 2.24) is 5.32 Å². The Morgan fingerprint density at radius 1 is 1.16 bits per heavy atom. The molecule has 0 amide bonds. The lowest BCUT2D eigenvalue weighted by molar-refractivity contribution is 0.415. The number of nitrogens with one attached hydrogen (secondary N) is 2. The first-order chi connectivity index (χ1) is 9.06. The highest BCUT2D eigenvalue weighted by molar-refractivity contribution is 7.80. The van der Waals surface area contributed by atoms with E-state index in [1.54, 1.807) is 0 Å². The molecule has 1 saturated carbocycles. The van der Waals surface area contributed by atoms with Gasteiger partial charge in [-0.25, -0.2) is 4.39 Å². The van der Waals surface area contributed by atoms with Gasteiger partial charge < -0.3 is 10.6 Å². The molecule has 1 aliphatic rings. The minimum atomic E-state index is -0.611. The number of rotatable bonds is 2. The van der Waals surface area contributed by atoms with Gasteiger partial charge in [-0.2, -0.15) is 0 Å². The maximum Gasteiger partial charge on any atom is 0.170 e. The molecule has 1 aromatic carbocycles. The molecular formula is C13H15Cl2FN2S. The molecule has 0 heterocycles. The molecule has 2 N–H and O–H groups in total. The highest BCUT2D eigenvalue weighted by Gasteiger charge is 2.14. The first kappa shape index (κ1) is 14.8. The third kappa shape index (κ3) is 4.20. The van der Waals surface area contributed by atoms with E-state index in [4.69, 9.17) is 35.4 Å². The third-order valence-electron chi connectivity index (χ3n) is 3.18. The zero-order chi connectivity index (χ0) is 13.8. The maximum absolute atomic E-state index is 13.3. The second kappa shape index (κ2) is 6.73. The van der Waals surface area contributed by atoms with Crippen molar-refractivity contribution in [3.05, 3.63) is 28.0 Å². The molecule has 104 valence electrons. The third-order valence-corrected chi connectivity index (χ3v) is 3.95. The summed E-state index contributed by atoms with van der Waals surface area (Å²) in [6.45, 7) is 0. The first-order valence-electron chi connectivity index (χ1n) is 6.28. The lowest BCUT2D eigenvalue weighted by Crippen LogP contribution is -2.38. The SMILES string of the molecule is Fc1c(Cl)cc(NC(=S)NC2CCCCC2)cc1Cl. The van der Waals surface area contributed by atoms with Gasteiger partial charge >= 0.3 is 0 Å². The second-order valence-corrected chi connectivity index (χ2v) is 5.91. The predicted molar refractivity (Wildman–Crippen MR) is 82.6 cm³/mol. The number of anilines is 1. The number of hydrogen-bond acceptors (Lipinski definition) is 1. The van der Waals surface area contributed by atoms with Gasteiger partial charge in [-0.3, -0.25) is 0 Å². The topological polar surface area (TPSA) is 24.1 Å². The summed E-state index contributed by atoms with van der Waals surface area (Å²) in [6.07, 6.45) is 6.02. The van der Waals surface area contributed by atoms with Crippen molar-refractivity contribution in [2.45, 2.75) is 38.1 Å². The van der Waals surface area contributed by atoms with E-state index in [2.05, 4.69) is 10.6 Å². The average molecular weight is 321 g/mol. The van der Waals surface area contributed by atoms with Crippen LogP contribution in [-0.4, -0.2) is 11.2 Å². The fourth-order valence-electron chi connectivity index (χ4n) is 2.23. The molecule has 0 unspecified atom stereocenters. The Morgan fingerprint density at radius 2 is 1.74 bits per heavy atom. The summed E-state index contributed by atoms with van der Waals surface area (Å²) in [7, 11) is 0. The van der Waals surface area contributed by atoms with E-state index in [1.807, 2.05) is 0 Å². The van der Waals surface area contributed by atoms with Crippen molar-refractivity contribution >= 4 is 46.2 Å². The quantitative estimate of drug-likeness (QED) is 0.607. The molecular weight excluding hydrogens is 306 g/mol. The van der Waals surface area contributed by atoms with Crippen molar-refractivity contribution in [3.8, 4) is 0 Å². The van der Waals surface area contributed by atoms with E-state index >= 15 is 0 Å². The fraction of sp³-hybridized carbons (Fsp3) is 0.462. The molecule has 0 aromatic heterocycles. The summed E-state index contributed by atoms with van der Waals surface area (Å²) < 4.78 is 13.3. The molecule has 6 heteroatoms. The monoisotopic (exact) mass is 320 g/mol. The van der Waals surface area contributed by atoms with Gasteiger partial charge in [0.15, 0.2) is 10.9 Å². The summed E-state index contributed by atoms with van der Waals surface area (Å²) in [5.41, 5.74) is 0.588. The Kier molecular flexibility index (Phi) is 5.25. The highest BCUT2D eigenvalue weighted by Crippen LogP contribution is 2.27. The molecule has 2 rings (SSSR count). The van der Waals surface area contributed by atoms with Crippen molar-refractivity contribution in [2.24, 2.45) is 0 Å². The van der Waals surface area contributed by atoms with Crippen LogP contribution in [0.25, 0.3) is 0 Å². The molecule has 19 heavy (non-hydrogen) atoms. The van der Waals surface area contributed by atoms with E-state index in [9.17, 15) is 4.39 Å².